The van der Waals surface area contributed by atoms with E-state index in [1.54, 1.807) is 72.8 Å². The van der Waals surface area contributed by atoms with E-state index in [1.807, 2.05) is 72.8 Å². The molecule has 0 bridgehead atoms. The Hall–Kier alpha value is -6.32. The van der Waals surface area contributed by atoms with E-state index in [4.69, 9.17) is 9.47 Å². The first-order valence-corrected chi connectivity index (χ1v) is 24.1. The van der Waals surface area contributed by atoms with Crippen molar-refractivity contribution in [3.63, 3.8) is 0 Å². The molecular formula is C50H52N4O8S2. The molecule has 1 saturated carbocycles. The van der Waals surface area contributed by atoms with Gasteiger partial charge in [0.25, 0.3) is 0 Å². The van der Waals surface area contributed by atoms with Crippen LogP contribution in [0.4, 0.5) is 0 Å². The highest BCUT2D eigenvalue weighted by Crippen LogP contribution is 2.37. The molecule has 0 heterocycles. The van der Waals surface area contributed by atoms with E-state index >= 15 is 0 Å². The van der Waals surface area contributed by atoms with Gasteiger partial charge in [0.05, 0.1) is 48.2 Å². The second-order valence-corrected chi connectivity index (χ2v) is 19.1. The predicted octanol–water partition coefficient (Wildman–Crippen LogP) is 7.96. The number of carbonyl (C=O) groups is 2. The molecular weight excluding hydrogens is 849 g/mol. The van der Waals surface area contributed by atoms with Crippen LogP contribution >= 0.6 is 0 Å². The van der Waals surface area contributed by atoms with Crippen molar-refractivity contribution >= 4 is 31.9 Å². The lowest BCUT2D eigenvalue weighted by Gasteiger charge is -2.36. The molecule has 1 fully saturated rings. The summed E-state index contributed by atoms with van der Waals surface area (Å²) in [7, 11) is -5.30. The predicted molar refractivity (Wildman–Crippen MR) is 245 cm³/mol. The highest BCUT2D eigenvalue weighted by atomic mass is 32.2. The molecule has 14 heteroatoms. The number of carbonyl (C=O) groups excluding carboxylic acids is 2. The Bertz CT molecular complexity index is 2490. The van der Waals surface area contributed by atoms with Crippen LogP contribution in [-0.2, 0) is 29.6 Å². The van der Waals surface area contributed by atoms with Gasteiger partial charge in [0.2, 0.25) is 31.9 Å². The monoisotopic (exact) mass is 900 g/mol. The zero-order chi connectivity index (χ0) is 45.1. The second kappa shape index (κ2) is 20.9. The Balaban J connectivity index is 1.21. The SMILES string of the molecule is COc1ccc(S(=O)(=O)N[C@H](c2ccccc2)[C@H](NC(=O)[C@H]2CCCC[C@@H]2C(=O)N[C@H](c2ccccc2)[C@H](NS(=O)(=O)c2ccc(OC)cc2)c2ccccc2)c2ccccc2)cc1. The van der Waals surface area contributed by atoms with Crippen LogP contribution < -0.4 is 29.6 Å². The summed E-state index contributed by atoms with van der Waals surface area (Å²) < 4.78 is 72.6. The Morgan fingerprint density at radius 2 is 0.719 bits per heavy atom. The van der Waals surface area contributed by atoms with Gasteiger partial charge in [-0.1, -0.05) is 134 Å². The molecule has 12 nitrogen and oxygen atoms in total. The molecule has 0 radical (unpaired) electrons. The summed E-state index contributed by atoms with van der Waals surface area (Å²) in [5.74, 6) is -1.41. The number of hydrogen-bond donors (Lipinski definition) is 4. The average Bonchev–Trinajstić information content (AvgIpc) is 3.34. The summed E-state index contributed by atoms with van der Waals surface area (Å²) in [6, 6.07) is 44.7. The van der Waals surface area contributed by atoms with Crippen LogP contribution in [0.3, 0.4) is 0 Å². The summed E-state index contributed by atoms with van der Waals surface area (Å²) in [6.07, 6.45) is 2.20. The minimum absolute atomic E-state index is 0.0180. The first kappa shape index (κ1) is 45.7. The molecule has 0 unspecified atom stereocenters. The molecule has 6 aromatic rings. The lowest BCUT2D eigenvalue weighted by molar-refractivity contribution is -0.137. The maximum atomic E-state index is 14.9. The molecule has 0 aliphatic heterocycles. The number of amides is 2. The number of nitrogens with one attached hydrogen (secondary N) is 4. The minimum Gasteiger partial charge on any atom is -0.497 e. The third-order valence-electron chi connectivity index (χ3n) is 11.6. The van der Waals surface area contributed by atoms with Crippen molar-refractivity contribution in [2.24, 2.45) is 11.8 Å². The number of sulfonamides is 2. The van der Waals surface area contributed by atoms with E-state index < -0.39 is 67.9 Å². The first-order chi connectivity index (χ1) is 31.0. The summed E-state index contributed by atoms with van der Waals surface area (Å²) in [5, 5.41) is 6.41. The molecule has 7 rings (SSSR count). The van der Waals surface area contributed by atoms with Gasteiger partial charge in [-0.3, -0.25) is 9.59 Å². The molecule has 332 valence electrons. The number of rotatable bonds is 18. The summed E-state index contributed by atoms with van der Waals surface area (Å²) in [6.45, 7) is 0. The molecule has 64 heavy (non-hydrogen) atoms. The Morgan fingerprint density at radius 3 is 1.00 bits per heavy atom. The van der Waals surface area contributed by atoms with Crippen LogP contribution in [0.1, 0.15) is 72.1 Å². The molecule has 6 aromatic carbocycles. The highest BCUT2D eigenvalue weighted by Gasteiger charge is 2.41. The van der Waals surface area contributed by atoms with Crippen molar-refractivity contribution in [2.75, 3.05) is 14.2 Å². The van der Waals surface area contributed by atoms with Crippen LogP contribution in [0, 0.1) is 11.8 Å². The highest BCUT2D eigenvalue weighted by molar-refractivity contribution is 7.89. The minimum atomic E-state index is -4.15. The van der Waals surface area contributed by atoms with Crippen LogP contribution in [-0.4, -0.2) is 42.9 Å². The van der Waals surface area contributed by atoms with Crippen molar-refractivity contribution in [2.45, 2.75) is 59.6 Å². The van der Waals surface area contributed by atoms with E-state index in [2.05, 4.69) is 20.1 Å². The third-order valence-corrected chi connectivity index (χ3v) is 14.6. The van der Waals surface area contributed by atoms with Gasteiger partial charge in [-0.15, -0.1) is 0 Å². The number of methoxy groups -OCH3 is 2. The molecule has 1 aliphatic rings. The van der Waals surface area contributed by atoms with Crippen molar-refractivity contribution in [3.8, 4) is 11.5 Å². The van der Waals surface area contributed by atoms with Crippen molar-refractivity contribution < 1.29 is 35.9 Å². The van der Waals surface area contributed by atoms with Gasteiger partial charge in [0.1, 0.15) is 11.5 Å². The molecule has 0 aromatic heterocycles. The second-order valence-electron chi connectivity index (χ2n) is 15.7. The zero-order valence-corrected chi connectivity index (χ0v) is 37.2. The van der Waals surface area contributed by atoms with Crippen molar-refractivity contribution in [3.05, 3.63) is 192 Å². The molecule has 0 spiro atoms. The number of hydrogen-bond acceptors (Lipinski definition) is 8. The third kappa shape index (κ3) is 11.1. The van der Waals surface area contributed by atoms with Gasteiger partial charge in [-0.2, -0.15) is 0 Å². The normalized spacial score (nSPS) is 17.2. The van der Waals surface area contributed by atoms with Crippen molar-refractivity contribution in [1.82, 2.24) is 20.1 Å². The fourth-order valence-electron chi connectivity index (χ4n) is 8.28. The molecule has 4 N–H and O–H groups in total. The quantitative estimate of drug-likeness (QED) is 0.0674. The number of benzene rings is 6. The van der Waals surface area contributed by atoms with Crippen LogP contribution in [0.25, 0.3) is 0 Å². The van der Waals surface area contributed by atoms with E-state index in [0.717, 1.165) is 0 Å². The molecule has 1 aliphatic carbocycles. The van der Waals surface area contributed by atoms with Gasteiger partial charge < -0.3 is 20.1 Å². The largest absolute Gasteiger partial charge is 0.497 e. The topological polar surface area (TPSA) is 169 Å². The standard InChI is InChI=1S/C50H52N4O8S2/c1-61-39-27-31-41(32-28-39)63(57,58)53-47(37-21-11-5-12-22-37)45(35-17-7-3-8-18-35)51-49(55)43-25-15-16-26-44(43)50(56)52-46(36-19-9-4-10-20-36)48(38-23-13-6-14-24-38)54-64(59,60)42-33-29-40(62-2)30-34-42/h3-14,17-24,27-34,43-48,53-54H,15-16,25-26H2,1-2H3,(H,51,55)(H,52,56)/t43-,44-,45+,46+,47+,48+/m0/s1. The van der Waals surface area contributed by atoms with E-state index in [1.165, 1.54) is 38.5 Å². The van der Waals surface area contributed by atoms with Crippen molar-refractivity contribution in [1.29, 1.82) is 0 Å². The maximum absolute atomic E-state index is 14.9. The van der Waals surface area contributed by atoms with Gasteiger partial charge in [0, 0.05) is 11.8 Å². The van der Waals surface area contributed by atoms with Gasteiger partial charge in [-0.05, 0) is 83.6 Å². The Labute approximate surface area is 375 Å². The molecule has 2 amide bonds. The van der Waals surface area contributed by atoms with Crippen LogP contribution in [0.15, 0.2) is 180 Å². The lowest BCUT2D eigenvalue weighted by Crippen LogP contribution is -2.49. The smallest absolute Gasteiger partial charge is 0.241 e. The lowest BCUT2D eigenvalue weighted by atomic mass is 9.77. The van der Waals surface area contributed by atoms with Gasteiger partial charge in [-0.25, -0.2) is 26.3 Å². The maximum Gasteiger partial charge on any atom is 0.241 e. The van der Waals surface area contributed by atoms with E-state index in [0.29, 0.717) is 59.4 Å². The van der Waals surface area contributed by atoms with Crippen LogP contribution in [0.5, 0.6) is 11.5 Å². The Morgan fingerprint density at radius 1 is 0.438 bits per heavy atom. The fourth-order valence-corrected chi connectivity index (χ4v) is 10.7. The van der Waals surface area contributed by atoms with Gasteiger partial charge >= 0.3 is 0 Å². The zero-order valence-electron chi connectivity index (χ0n) is 35.5. The molecule has 0 saturated heterocycles. The number of ether oxygens (including phenoxy) is 2. The summed E-state index contributed by atoms with van der Waals surface area (Å²) in [4.78, 5) is 29.8. The van der Waals surface area contributed by atoms with Crippen LogP contribution in [0.2, 0.25) is 0 Å². The fraction of sp³-hybridized carbons (Fsp3) is 0.240. The van der Waals surface area contributed by atoms with E-state index in [9.17, 15) is 26.4 Å². The van der Waals surface area contributed by atoms with E-state index in [-0.39, 0.29) is 9.79 Å². The van der Waals surface area contributed by atoms with Gasteiger partial charge in [0.15, 0.2) is 0 Å². The first-order valence-electron chi connectivity index (χ1n) is 21.1. The summed E-state index contributed by atoms with van der Waals surface area (Å²) in [5.41, 5.74) is 2.53. The molecule has 6 atom stereocenters. The Kier molecular flexibility index (Phi) is 14.9. The average molecular weight is 901 g/mol. The summed E-state index contributed by atoms with van der Waals surface area (Å²) >= 11 is 0.